The predicted molar refractivity (Wildman–Crippen MR) is 50.3 cm³/mol. The Morgan fingerprint density at radius 1 is 1.40 bits per heavy atom. The van der Waals surface area contributed by atoms with Crippen molar-refractivity contribution in [2.45, 2.75) is 39.5 Å². The second-order valence-electron chi connectivity index (χ2n) is 4.20. The quantitative estimate of drug-likeness (QED) is 0.514. The summed E-state index contributed by atoms with van der Waals surface area (Å²) in [4.78, 5) is 0. The van der Waals surface area contributed by atoms with Gasteiger partial charge < -0.3 is 0 Å². The van der Waals surface area contributed by atoms with Crippen molar-refractivity contribution in [1.29, 1.82) is 0 Å². The molecule has 0 saturated heterocycles. The van der Waals surface area contributed by atoms with Gasteiger partial charge in [0.05, 0.1) is 0 Å². The van der Waals surface area contributed by atoms with E-state index in [1.165, 1.54) is 31.8 Å². The van der Waals surface area contributed by atoms with Crippen LogP contribution in [0.4, 0.5) is 0 Å². The van der Waals surface area contributed by atoms with E-state index in [9.17, 15) is 0 Å². The molecule has 0 N–H and O–H groups in total. The first-order chi connectivity index (χ1) is 4.66. The lowest BCUT2D eigenvalue weighted by atomic mass is 9.73. The van der Waals surface area contributed by atoms with Crippen LogP contribution >= 0.6 is 9.24 Å². The van der Waals surface area contributed by atoms with E-state index in [-0.39, 0.29) is 0 Å². The van der Waals surface area contributed by atoms with Crippen molar-refractivity contribution in [1.82, 2.24) is 0 Å². The van der Waals surface area contributed by atoms with E-state index in [4.69, 9.17) is 0 Å². The summed E-state index contributed by atoms with van der Waals surface area (Å²) in [5.74, 6) is 0.990. The highest BCUT2D eigenvalue weighted by molar-refractivity contribution is 7.16. The summed E-state index contributed by atoms with van der Waals surface area (Å²) in [6.45, 7) is 4.80. The minimum atomic E-state index is 0.664. The molecule has 1 heteroatoms. The third kappa shape index (κ3) is 1.95. The second kappa shape index (κ2) is 3.22. The zero-order chi connectivity index (χ0) is 7.61. The van der Waals surface area contributed by atoms with Crippen LogP contribution in [0.25, 0.3) is 0 Å². The van der Waals surface area contributed by atoms with Gasteiger partial charge in [0, 0.05) is 0 Å². The minimum absolute atomic E-state index is 0.664. The van der Waals surface area contributed by atoms with Gasteiger partial charge in [0.15, 0.2) is 0 Å². The lowest BCUT2D eigenvalue weighted by Gasteiger charge is -2.35. The smallest absolute Gasteiger partial charge is 0.0291 e. The fraction of sp³-hybridized carbons (Fsp3) is 1.00. The van der Waals surface area contributed by atoms with Gasteiger partial charge in [-0.15, -0.1) is 9.24 Å². The molecule has 0 radical (unpaired) electrons. The highest BCUT2D eigenvalue weighted by Crippen LogP contribution is 2.39. The van der Waals surface area contributed by atoms with Gasteiger partial charge in [-0.25, -0.2) is 0 Å². The molecule has 10 heavy (non-hydrogen) atoms. The van der Waals surface area contributed by atoms with Gasteiger partial charge in [-0.3, -0.25) is 0 Å². The number of hydrogen-bond donors (Lipinski definition) is 0. The molecule has 1 rings (SSSR count). The Morgan fingerprint density at radius 2 is 1.90 bits per heavy atom. The van der Waals surface area contributed by atoms with Gasteiger partial charge in [0.2, 0.25) is 0 Å². The van der Waals surface area contributed by atoms with Crippen molar-refractivity contribution in [3.63, 3.8) is 0 Å². The lowest BCUT2D eigenvalue weighted by Crippen LogP contribution is -2.24. The highest BCUT2D eigenvalue weighted by Gasteiger charge is 2.27. The van der Waals surface area contributed by atoms with E-state index in [1.807, 2.05) is 0 Å². The number of rotatable bonds is 1. The topological polar surface area (TPSA) is 0 Å². The summed E-state index contributed by atoms with van der Waals surface area (Å²) in [6.07, 6.45) is 7.07. The molecule has 60 valence electrons. The summed E-state index contributed by atoms with van der Waals surface area (Å²) in [5.41, 5.74) is 0.664. The van der Waals surface area contributed by atoms with Crippen LogP contribution in [-0.4, -0.2) is 6.16 Å². The Kier molecular flexibility index (Phi) is 2.74. The molecular formula is C9H19P. The zero-order valence-corrected chi connectivity index (χ0v) is 8.34. The summed E-state index contributed by atoms with van der Waals surface area (Å²) >= 11 is 0. The Hall–Kier alpha value is 0.430. The van der Waals surface area contributed by atoms with E-state index in [1.54, 1.807) is 0 Å². The average molecular weight is 158 g/mol. The van der Waals surface area contributed by atoms with Crippen LogP contribution in [0, 0.1) is 11.3 Å². The van der Waals surface area contributed by atoms with Crippen LogP contribution in [0.2, 0.25) is 0 Å². The van der Waals surface area contributed by atoms with Crippen molar-refractivity contribution >= 4 is 9.24 Å². The minimum Gasteiger partial charge on any atom is -0.137 e. The molecule has 0 bridgehead atoms. The van der Waals surface area contributed by atoms with E-state index < -0.39 is 0 Å². The molecule has 0 aromatic rings. The third-order valence-electron chi connectivity index (χ3n) is 2.97. The largest absolute Gasteiger partial charge is 0.137 e. The van der Waals surface area contributed by atoms with Crippen molar-refractivity contribution in [3.05, 3.63) is 0 Å². The van der Waals surface area contributed by atoms with Gasteiger partial charge in [-0.1, -0.05) is 26.7 Å². The van der Waals surface area contributed by atoms with Gasteiger partial charge >= 0.3 is 0 Å². The molecule has 1 aliphatic carbocycles. The second-order valence-corrected chi connectivity index (χ2v) is 4.61. The van der Waals surface area contributed by atoms with Crippen LogP contribution in [0.15, 0.2) is 0 Å². The first-order valence-corrected chi connectivity index (χ1v) is 5.18. The van der Waals surface area contributed by atoms with Crippen molar-refractivity contribution < 1.29 is 0 Å². The van der Waals surface area contributed by atoms with Crippen LogP contribution in [0.1, 0.15) is 39.5 Å². The maximum atomic E-state index is 2.89. The van der Waals surface area contributed by atoms with Crippen LogP contribution in [-0.2, 0) is 0 Å². The van der Waals surface area contributed by atoms with Crippen molar-refractivity contribution in [3.8, 4) is 0 Å². The molecule has 1 aliphatic rings. The SMILES string of the molecule is CC1CCC(C)(CP)CC1. The van der Waals surface area contributed by atoms with E-state index in [2.05, 4.69) is 23.1 Å². The Morgan fingerprint density at radius 3 is 2.30 bits per heavy atom. The maximum absolute atomic E-state index is 2.89. The molecule has 0 amide bonds. The van der Waals surface area contributed by atoms with Gasteiger partial charge in [-0.2, -0.15) is 0 Å². The molecular weight excluding hydrogens is 139 g/mol. The molecule has 1 fully saturated rings. The summed E-state index contributed by atoms with van der Waals surface area (Å²) in [7, 11) is 2.89. The van der Waals surface area contributed by atoms with Crippen LogP contribution in [0.5, 0.6) is 0 Å². The first kappa shape index (κ1) is 8.53. The first-order valence-electron chi connectivity index (χ1n) is 4.36. The summed E-state index contributed by atoms with van der Waals surface area (Å²) < 4.78 is 0. The Bertz CT molecular complexity index is 101. The maximum Gasteiger partial charge on any atom is -0.0291 e. The molecule has 1 unspecified atom stereocenters. The standard InChI is InChI=1S/C9H19P/c1-8-3-5-9(2,7-10)6-4-8/h8H,3-7,10H2,1-2H3. The molecule has 0 aromatic carbocycles. The fourth-order valence-electron chi connectivity index (χ4n) is 1.66. The molecule has 1 saturated carbocycles. The molecule has 0 heterocycles. The molecule has 0 nitrogen and oxygen atoms in total. The summed E-state index contributed by atoms with van der Waals surface area (Å²) in [6, 6.07) is 0. The number of hydrogen-bond acceptors (Lipinski definition) is 0. The normalized spacial score (nSPS) is 41.7. The molecule has 1 atom stereocenters. The Labute approximate surface area is 67.0 Å². The zero-order valence-electron chi connectivity index (χ0n) is 7.19. The molecule has 0 spiro atoms. The van der Waals surface area contributed by atoms with Gasteiger partial charge in [0.25, 0.3) is 0 Å². The monoisotopic (exact) mass is 158 g/mol. The summed E-state index contributed by atoms with van der Waals surface area (Å²) in [5, 5.41) is 0. The van der Waals surface area contributed by atoms with Crippen molar-refractivity contribution in [2.75, 3.05) is 6.16 Å². The third-order valence-corrected chi connectivity index (χ3v) is 3.96. The lowest BCUT2D eigenvalue weighted by molar-refractivity contribution is 0.206. The van der Waals surface area contributed by atoms with Crippen LogP contribution < -0.4 is 0 Å². The average Bonchev–Trinajstić information content (AvgIpc) is 1.96. The Balaban J connectivity index is 2.38. The molecule has 0 aromatic heterocycles. The van der Waals surface area contributed by atoms with Crippen molar-refractivity contribution in [2.24, 2.45) is 11.3 Å². The van der Waals surface area contributed by atoms with Gasteiger partial charge in [-0.05, 0) is 30.3 Å². The van der Waals surface area contributed by atoms with Gasteiger partial charge in [0.1, 0.15) is 0 Å². The van der Waals surface area contributed by atoms with E-state index >= 15 is 0 Å². The highest BCUT2D eigenvalue weighted by atomic mass is 31.0. The fourth-order valence-corrected chi connectivity index (χ4v) is 2.07. The van der Waals surface area contributed by atoms with E-state index in [0.717, 1.165) is 5.92 Å². The van der Waals surface area contributed by atoms with Crippen LogP contribution in [0.3, 0.4) is 0 Å². The predicted octanol–water partition coefficient (Wildman–Crippen LogP) is 3.08. The molecule has 0 aliphatic heterocycles. The van der Waals surface area contributed by atoms with E-state index in [0.29, 0.717) is 5.41 Å².